The molecule has 110 valence electrons. The summed E-state index contributed by atoms with van der Waals surface area (Å²) in [5.41, 5.74) is -0.136. The van der Waals surface area contributed by atoms with Crippen LogP contribution >= 0.6 is 11.6 Å². The van der Waals surface area contributed by atoms with Crippen LogP contribution in [-0.2, 0) is 0 Å². The van der Waals surface area contributed by atoms with E-state index in [1.165, 1.54) is 24.6 Å². The number of amides is 1. The summed E-state index contributed by atoms with van der Waals surface area (Å²) in [7, 11) is 0. The van der Waals surface area contributed by atoms with Gasteiger partial charge < -0.3 is 15.5 Å². The first-order chi connectivity index (χ1) is 9.58. The third-order valence-electron chi connectivity index (χ3n) is 4.07. The smallest absolute Gasteiger partial charge is 0.258 e. The lowest BCUT2D eigenvalue weighted by Gasteiger charge is -2.35. The fourth-order valence-corrected chi connectivity index (χ4v) is 3.14. The highest BCUT2D eigenvalue weighted by Gasteiger charge is 2.32. The Morgan fingerprint density at radius 3 is 2.35 bits per heavy atom. The third kappa shape index (κ3) is 3.18. The van der Waals surface area contributed by atoms with Gasteiger partial charge in [-0.25, -0.2) is 0 Å². The zero-order chi connectivity index (χ0) is 14.6. The van der Waals surface area contributed by atoms with Gasteiger partial charge in [0.1, 0.15) is 17.1 Å². The Balaban J connectivity index is 2.04. The molecule has 1 saturated carbocycles. The number of rotatable bonds is 4. The van der Waals surface area contributed by atoms with Crippen LogP contribution in [-0.4, -0.2) is 28.5 Å². The molecule has 3 N–H and O–H groups in total. The zero-order valence-corrected chi connectivity index (χ0v) is 12.1. The highest BCUT2D eigenvalue weighted by molar-refractivity contribution is 6.18. The first-order valence-corrected chi connectivity index (χ1v) is 7.46. The number of phenols is 2. The van der Waals surface area contributed by atoms with Crippen molar-refractivity contribution in [1.29, 1.82) is 0 Å². The van der Waals surface area contributed by atoms with Crippen molar-refractivity contribution in [3.8, 4) is 11.5 Å². The van der Waals surface area contributed by atoms with E-state index >= 15 is 0 Å². The lowest BCUT2D eigenvalue weighted by molar-refractivity contribution is 0.0915. The van der Waals surface area contributed by atoms with E-state index < -0.39 is 5.91 Å². The van der Waals surface area contributed by atoms with Gasteiger partial charge in [-0.3, -0.25) is 4.79 Å². The van der Waals surface area contributed by atoms with Crippen LogP contribution in [0.2, 0.25) is 0 Å². The van der Waals surface area contributed by atoms with Gasteiger partial charge in [0, 0.05) is 17.8 Å². The number of nitrogens with one attached hydrogen (secondary N) is 1. The van der Waals surface area contributed by atoms with Crippen molar-refractivity contribution >= 4 is 17.5 Å². The van der Waals surface area contributed by atoms with E-state index in [9.17, 15) is 15.0 Å². The Hall–Kier alpha value is -1.42. The molecular weight excluding hydrogens is 278 g/mol. The van der Waals surface area contributed by atoms with E-state index in [4.69, 9.17) is 11.6 Å². The second-order valence-corrected chi connectivity index (χ2v) is 5.82. The number of phenolic OH excluding ortho intramolecular Hbond substituents is 2. The number of alkyl halides is 1. The van der Waals surface area contributed by atoms with Crippen molar-refractivity contribution in [2.45, 2.75) is 32.1 Å². The molecule has 0 atom stereocenters. The van der Waals surface area contributed by atoms with Crippen molar-refractivity contribution in [3.63, 3.8) is 0 Å². The summed E-state index contributed by atoms with van der Waals surface area (Å²) in [6.07, 6.45) is 5.48. The van der Waals surface area contributed by atoms with Crippen molar-refractivity contribution in [2.75, 3.05) is 12.4 Å². The molecule has 0 bridgehead atoms. The Bertz CT molecular complexity index is 464. The Labute approximate surface area is 123 Å². The molecule has 0 heterocycles. The summed E-state index contributed by atoms with van der Waals surface area (Å²) in [5, 5.41) is 22.1. The monoisotopic (exact) mass is 297 g/mol. The molecular formula is C15H20ClNO3. The maximum absolute atomic E-state index is 12.1. The number of benzene rings is 1. The molecule has 0 aromatic heterocycles. The standard InChI is InChI=1S/C15H20ClNO3/c16-9-15(7-2-1-3-8-15)10-17-14(20)13-11(18)5-4-6-12(13)19/h4-6,18-19H,1-3,7-10H2,(H,17,20). The average molecular weight is 298 g/mol. The van der Waals surface area contributed by atoms with Crippen LogP contribution in [0.3, 0.4) is 0 Å². The minimum atomic E-state index is -0.462. The number of carbonyl (C=O) groups is 1. The lowest BCUT2D eigenvalue weighted by Crippen LogP contribution is -2.40. The summed E-state index contributed by atoms with van der Waals surface area (Å²) < 4.78 is 0. The first kappa shape index (κ1) is 15.0. The Morgan fingerprint density at radius 1 is 1.20 bits per heavy atom. The maximum Gasteiger partial charge on any atom is 0.258 e. The molecule has 1 fully saturated rings. The quantitative estimate of drug-likeness (QED) is 0.748. The van der Waals surface area contributed by atoms with Crippen LogP contribution in [0.25, 0.3) is 0 Å². The normalized spacial score (nSPS) is 17.6. The van der Waals surface area contributed by atoms with Crippen molar-refractivity contribution in [2.24, 2.45) is 5.41 Å². The molecule has 1 aromatic rings. The van der Waals surface area contributed by atoms with E-state index in [0.717, 1.165) is 25.7 Å². The van der Waals surface area contributed by atoms with Crippen LogP contribution < -0.4 is 5.32 Å². The topological polar surface area (TPSA) is 69.6 Å². The molecule has 5 heteroatoms. The molecule has 0 saturated heterocycles. The predicted molar refractivity (Wildman–Crippen MR) is 78.3 cm³/mol. The molecule has 0 unspecified atom stereocenters. The second kappa shape index (κ2) is 6.35. The van der Waals surface area contributed by atoms with Gasteiger partial charge >= 0.3 is 0 Å². The molecule has 4 nitrogen and oxygen atoms in total. The van der Waals surface area contributed by atoms with Crippen LogP contribution in [0.4, 0.5) is 0 Å². The van der Waals surface area contributed by atoms with E-state index in [1.807, 2.05) is 0 Å². The van der Waals surface area contributed by atoms with E-state index in [2.05, 4.69) is 5.32 Å². The molecule has 0 radical (unpaired) electrons. The molecule has 2 rings (SSSR count). The van der Waals surface area contributed by atoms with Crippen molar-refractivity contribution in [1.82, 2.24) is 5.32 Å². The largest absolute Gasteiger partial charge is 0.507 e. The van der Waals surface area contributed by atoms with Gasteiger partial charge in [-0.05, 0) is 25.0 Å². The number of hydrogen-bond donors (Lipinski definition) is 3. The summed E-state index contributed by atoms with van der Waals surface area (Å²) in [4.78, 5) is 12.1. The molecule has 1 amide bonds. The van der Waals surface area contributed by atoms with Crippen LogP contribution in [0, 0.1) is 5.41 Å². The van der Waals surface area contributed by atoms with E-state index in [1.54, 1.807) is 0 Å². The molecule has 20 heavy (non-hydrogen) atoms. The molecule has 1 aliphatic rings. The fraction of sp³-hybridized carbons (Fsp3) is 0.533. The van der Waals surface area contributed by atoms with Crippen LogP contribution in [0.15, 0.2) is 18.2 Å². The number of aromatic hydroxyl groups is 2. The average Bonchev–Trinajstić information content (AvgIpc) is 2.46. The van der Waals surface area contributed by atoms with Gasteiger partial charge in [-0.1, -0.05) is 25.3 Å². The number of hydrogen-bond acceptors (Lipinski definition) is 3. The molecule has 1 aromatic carbocycles. The van der Waals surface area contributed by atoms with Gasteiger partial charge in [0.15, 0.2) is 0 Å². The minimum absolute atomic E-state index is 0.0600. The summed E-state index contributed by atoms with van der Waals surface area (Å²) in [6.45, 7) is 0.475. The summed E-state index contributed by atoms with van der Waals surface area (Å²) in [6, 6.07) is 4.25. The molecule has 1 aliphatic carbocycles. The minimum Gasteiger partial charge on any atom is -0.507 e. The van der Waals surface area contributed by atoms with Gasteiger partial charge in [0.2, 0.25) is 0 Å². The fourth-order valence-electron chi connectivity index (χ4n) is 2.78. The molecule has 0 spiro atoms. The van der Waals surface area contributed by atoms with Crippen LogP contribution in [0.1, 0.15) is 42.5 Å². The number of carbonyl (C=O) groups excluding carboxylic acids is 1. The predicted octanol–water partition coefficient (Wildman–Crippen LogP) is 3.02. The van der Waals surface area contributed by atoms with Gasteiger partial charge in [-0.2, -0.15) is 0 Å². The first-order valence-electron chi connectivity index (χ1n) is 6.93. The van der Waals surface area contributed by atoms with E-state index in [0.29, 0.717) is 12.4 Å². The van der Waals surface area contributed by atoms with Gasteiger partial charge in [0.25, 0.3) is 5.91 Å². The summed E-state index contributed by atoms with van der Waals surface area (Å²) in [5.74, 6) is -0.382. The van der Waals surface area contributed by atoms with Crippen molar-refractivity contribution < 1.29 is 15.0 Å². The van der Waals surface area contributed by atoms with E-state index in [-0.39, 0.29) is 22.5 Å². The SMILES string of the molecule is O=C(NCC1(CCl)CCCCC1)c1c(O)cccc1O. The Morgan fingerprint density at radius 2 is 1.80 bits per heavy atom. The van der Waals surface area contributed by atoms with Crippen LogP contribution in [0.5, 0.6) is 11.5 Å². The Kier molecular flexibility index (Phi) is 4.76. The third-order valence-corrected chi connectivity index (χ3v) is 4.64. The van der Waals surface area contributed by atoms with Gasteiger partial charge in [0.05, 0.1) is 0 Å². The highest BCUT2D eigenvalue weighted by atomic mass is 35.5. The zero-order valence-electron chi connectivity index (χ0n) is 11.4. The van der Waals surface area contributed by atoms with Gasteiger partial charge in [-0.15, -0.1) is 11.6 Å². The summed E-state index contributed by atoms with van der Waals surface area (Å²) >= 11 is 6.08. The highest BCUT2D eigenvalue weighted by Crippen LogP contribution is 2.37. The number of halogens is 1. The molecule has 0 aliphatic heterocycles. The maximum atomic E-state index is 12.1. The van der Waals surface area contributed by atoms with Crippen molar-refractivity contribution in [3.05, 3.63) is 23.8 Å². The second-order valence-electron chi connectivity index (χ2n) is 5.55. The lowest BCUT2D eigenvalue weighted by atomic mass is 9.75.